The number of para-hydroxylation sites is 1. The van der Waals surface area contributed by atoms with Crippen molar-refractivity contribution in [2.24, 2.45) is 11.8 Å². The van der Waals surface area contributed by atoms with E-state index in [1.54, 1.807) is 11.8 Å². The third-order valence-electron chi connectivity index (χ3n) is 5.14. The van der Waals surface area contributed by atoms with Crippen molar-refractivity contribution in [2.45, 2.75) is 37.1 Å². The first-order valence-corrected chi connectivity index (χ1v) is 10.2. The number of carbonyl (C=O) groups is 1. The molecule has 2 N–H and O–H groups in total. The molecule has 0 aromatic heterocycles. The van der Waals surface area contributed by atoms with Gasteiger partial charge in [-0.15, -0.1) is 21.9 Å². The molecule has 1 saturated carbocycles. The van der Waals surface area contributed by atoms with Crippen LogP contribution in [0.1, 0.15) is 36.6 Å². The van der Waals surface area contributed by atoms with Crippen molar-refractivity contribution < 1.29 is 24.6 Å². The second-order valence-electron chi connectivity index (χ2n) is 7.03. The Morgan fingerprint density at radius 3 is 2.52 bits per heavy atom. The fourth-order valence-corrected chi connectivity index (χ4v) is 4.82. The van der Waals surface area contributed by atoms with Crippen LogP contribution < -0.4 is 10.1 Å². The molecule has 2 unspecified atom stereocenters. The average Bonchev–Trinajstić information content (AvgIpc) is 3.16. The number of carboxylic acids is 1. The van der Waals surface area contributed by atoms with Crippen molar-refractivity contribution in [3.63, 3.8) is 0 Å². The highest BCUT2D eigenvalue weighted by atomic mass is 32.2. The Kier molecular flexibility index (Phi) is 6.78. The third kappa shape index (κ3) is 5.49. The molecule has 0 spiro atoms. The summed E-state index contributed by atoms with van der Waals surface area (Å²) in [5.41, 5.74) is 0.972. The molecule has 2 atom stereocenters. The van der Waals surface area contributed by atoms with Crippen LogP contribution in [0.5, 0.6) is 5.75 Å². The molecule has 8 nitrogen and oxygen atoms in total. The number of nitrogens with one attached hydrogen (secondary N) is 1. The van der Waals surface area contributed by atoms with Gasteiger partial charge in [0, 0.05) is 11.3 Å². The molecule has 1 aliphatic heterocycles. The minimum absolute atomic E-state index is 0.0858. The molecule has 3 rings (SSSR count). The number of carboxylic acid groups (broad SMARTS) is 1. The summed E-state index contributed by atoms with van der Waals surface area (Å²) in [6.45, 7) is 0.776. The van der Waals surface area contributed by atoms with Gasteiger partial charge in [0.25, 0.3) is 5.09 Å². The first-order chi connectivity index (χ1) is 13.0. The highest BCUT2D eigenvalue weighted by Gasteiger charge is 2.32. The molecule has 2 fully saturated rings. The summed E-state index contributed by atoms with van der Waals surface area (Å²) in [6.07, 6.45) is 3.74. The quantitative estimate of drug-likeness (QED) is 0.510. The van der Waals surface area contributed by atoms with Crippen LogP contribution in [0.25, 0.3) is 0 Å². The van der Waals surface area contributed by atoms with Gasteiger partial charge in [0.2, 0.25) is 0 Å². The molecule has 27 heavy (non-hydrogen) atoms. The lowest BCUT2D eigenvalue weighted by Gasteiger charge is -2.28. The Morgan fingerprint density at radius 1 is 1.22 bits per heavy atom. The molecule has 9 heteroatoms. The van der Waals surface area contributed by atoms with Crippen molar-refractivity contribution in [3.05, 3.63) is 39.9 Å². The summed E-state index contributed by atoms with van der Waals surface area (Å²) in [4.78, 5) is 25.9. The second kappa shape index (κ2) is 9.27. The van der Waals surface area contributed by atoms with E-state index in [1.807, 2.05) is 24.3 Å². The van der Waals surface area contributed by atoms with Gasteiger partial charge in [0.05, 0.1) is 18.6 Å². The zero-order valence-corrected chi connectivity index (χ0v) is 15.7. The highest BCUT2D eigenvalue weighted by Crippen LogP contribution is 2.38. The molecule has 1 aliphatic carbocycles. The van der Waals surface area contributed by atoms with E-state index in [0.717, 1.165) is 37.0 Å². The predicted octanol–water partition coefficient (Wildman–Crippen LogP) is 2.87. The maximum atomic E-state index is 11.2. The van der Waals surface area contributed by atoms with Crippen LogP contribution in [-0.4, -0.2) is 41.2 Å². The van der Waals surface area contributed by atoms with E-state index in [9.17, 15) is 14.9 Å². The molecule has 2 aliphatic rings. The maximum Gasteiger partial charge on any atom is 0.321 e. The minimum atomic E-state index is -0.832. The standard InChI is InChI=1S/C18H24N2O6S/c21-18(22)15-11-27-17(19-15)14-3-1-2-4-16(14)25-9-12-5-7-13(8-6-12)10-26-20(23)24/h1-4,12-13,15,17,19H,5-11H2,(H,21,22). The molecular weight excluding hydrogens is 372 g/mol. The van der Waals surface area contributed by atoms with E-state index in [2.05, 4.69) is 10.2 Å². The van der Waals surface area contributed by atoms with Crippen LogP contribution in [0, 0.1) is 22.0 Å². The van der Waals surface area contributed by atoms with Crippen LogP contribution in [-0.2, 0) is 9.63 Å². The van der Waals surface area contributed by atoms with Gasteiger partial charge in [-0.05, 0) is 43.6 Å². The number of aliphatic carboxylic acids is 1. The van der Waals surface area contributed by atoms with Gasteiger partial charge < -0.3 is 14.7 Å². The Morgan fingerprint density at radius 2 is 1.89 bits per heavy atom. The summed E-state index contributed by atoms with van der Waals surface area (Å²) in [6, 6.07) is 7.20. The molecule has 1 aromatic carbocycles. The predicted molar refractivity (Wildman–Crippen MR) is 100 cm³/mol. The number of nitrogens with zero attached hydrogens (tertiary/aromatic N) is 1. The summed E-state index contributed by atoms with van der Waals surface area (Å²) in [5, 5.41) is 21.8. The number of hydrogen-bond acceptors (Lipinski definition) is 7. The Bertz CT molecular complexity index is 665. The molecule has 0 radical (unpaired) electrons. The van der Waals surface area contributed by atoms with Gasteiger partial charge in [-0.3, -0.25) is 10.1 Å². The molecular formula is C18H24N2O6S. The van der Waals surface area contributed by atoms with Crippen LogP contribution in [0.4, 0.5) is 0 Å². The van der Waals surface area contributed by atoms with Crippen LogP contribution in [0.2, 0.25) is 0 Å². The number of benzene rings is 1. The lowest BCUT2D eigenvalue weighted by Crippen LogP contribution is -2.33. The van der Waals surface area contributed by atoms with Crippen molar-refractivity contribution in [1.29, 1.82) is 0 Å². The van der Waals surface area contributed by atoms with E-state index >= 15 is 0 Å². The number of rotatable bonds is 8. The SMILES string of the molecule is O=C(O)C1CSC(c2ccccc2OCC2CCC(CO[N+](=O)[O-])CC2)N1. The summed E-state index contributed by atoms with van der Waals surface area (Å²) in [7, 11) is 0. The van der Waals surface area contributed by atoms with Gasteiger partial charge in [-0.25, -0.2) is 0 Å². The van der Waals surface area contributed by atoms with E-state index in [0.29, 0.717) is 18.3 Å². The zero-order chi connectivity index (χ0) is 19.2. The van der Waals surface area contributed by atoms with E-state index in [-0.39, 0.29) is 17.9 Å². The van der Waals surface area contributed by atoms with Crippen LogP contribution in [0.15, 0.2) is 24.3 Å². The van der Waals surface area contributed by atoms with Crippen molar-refractivity contribution >= 4 is 17.7 Å². The molecule has 1 heterocycles. The molecule has 1 saturated heterocycles. The van der Waals surface area contributed by atoms with Crippen molar-refractivity contribution in [2.75, 3.05) is 19.0 Å². The Labute approximate surface area is 161 Å². The first-order valence-electron chi connectivity index (χ1n) is 9.12. The number of hydrogen-bond donors (Lipinski definition) is 2. The lowest BCUT2D eigenvalue weighted by atomic mass is 9.83. The third-order valence-corrected chi connectivity index (χ3v) is 6.39. The Hall–Kier alpha value is -2.00. The minimum Gasteiger partial charge on any atom is -0.493 e. The van der Waals surface area contributed by atoms with Crippen molar-refractivity contribution in [1.82, 2.24) is 5.32 Å². The molecule has 0 amide bonds. The van der Waals surface area contributed by atoms with Gasteiger partial charge in [0.1, 0.15) is 11.8 Å². The number of ether oxygens (including phenoxy) is 1. The summed E-state index contributed by atoms with van der Waals surface area (Å²) < 4.78 is 6.08. The normalized spacial score (nSPS) is 27.9. The first kappa shape index (κ1) is 19.8. The summed E-state index contributed by atoms with van der Waals surface area (Å²) in [5.74, 6) is 1.14. The molecule has 1 aromatic rings. The molecule has 0 bridgehead atoms. The monoisotopic (exact) mass is 396 g/mol. The topological polar surface area (TPSA) is 111 Å². The smallest absolute Gasteiger partial charge is 0.321 e. The lowest BCUT2D eigenvalue weighted by molar-refractivity contribution is -0.759. The van der Waals surface area contributed by atoms with Gasteiger partial charge in [0.15, 0.2) is 0 Å². The maximum absolute atomic E-state index is 11.2. The molecule has 148 valence electrons. The average molecular weight is 396 g/mol. The van der Waals surface area contributed by atoms with Gasteiger partial charge >= 0.3 is 5.97 Å². The van der Waals surface area contributed by atoms with E-state index in [1.165, 1.54) is 0 Å². The van der Waals surface area contributed by atoms with Gasteiger partial charge in [-0.2, -0.15) is 0 Å². The van der Waals surface area contributed by atoms with E-state index in [4.69, 9.17) is 9.84 Å². The highest BCUT2D eigenvalue weighted by molar-refractivity contribution is 7.99. The fraction of sp³-hybridized carbons (Fsp3) is 0.611. The Balaban J connectivity index is 1.49. The van der Waals surface area contributed by atoms with Crippen molar-refractivity contribution in [3.8, 4) is 5.75 Å². The largest absolute Gasteiger partial charge is 0.493 e. The van der Waals surface area contributed by atoms with Crippen LogP contribution in [0.3, 0.4) is 0 Å². The fourth-order valence-electron chi connectivity index (χ4n) is 3.56. The second-order valence-corrected chi connectivity index (χ2v) is 8.16. The number of thioether (sulfide) groups is 1. The van der Waals surface area contributed by atoms with E-state index < -0.39 is 17.1 Å². The zero-order valence-electron chi connectivity index (χ0n) is 14.9. The van der Waals surface area contributed by atoms with Crippen LogP contribution >= 0.6 is 11.8 Å². The summed E-state index contributed by atoms with van der Waals surface area (Å²) >= 11 is 1.57. The van der Waals surface area contributed by atoms with Gasteiger partial charge in [-0.1, -0.05) is 18.2 Å².